The van der Waals surface area contributed by atoms with Crippen LogP contribution in [0.1, 0.15) is 52.0 Å². The van der Waals surface area contributed by atoms with E-state index in [1.54, 1.807) is 7.11 Å². The van der Waals surface area contributed by atoms with Gasteiger partial charge in [0.2, 0.25) is 0 Å². The van der Waals surface area contributed by atoms with Gasteiger partial charge < -0.3 is 15.2 Å². The lowest BCUT2D eigenvalue weighted by Crippen LogP contribution is -2.32. The fourth-order valence-corrected chi connectivity index (χ4v) is 3.26. The van der Waals surface area contributed by atoms with Crippen molar-refractivity contribution in [1.82, 2.24) is 0 Å². The maximum atomic E-state index is 11.9. The molecule has 5 nitrogen and oxygen atoms in total. The molecule has 0 heterocycles. The van der Waals surface area contributed by atoms with Crippen molar-refractivity contribution in [1.29, 1.82) is 0 Å². The monoisotopic (exact) mass is 320 g/mol. The molecular formula is C18H28N2O3. The van der Waals surface area contributed by atoms with Gasteiger partial charge in [-0.1, -0.05) is 18.9 Å². The summed E-state index contributed by atoms with van der Waals surface area (Å²) in [4.78, 5) is 11.9. The highest BCUT2D eigenvalue weighted by molar-refractivity contribution is 5.85. The maximum Gasteiger partial charge on any atom is 0.412 e. The lowest BCUT2D eigenvalue weighted by Gasteiger charge is -2.30. The number of carbonyl (C=O) groups excluding carboxylic acids is 1. The van der Waals surface area contributed by atoms with Gasteiger partial charge in [-0.05, 0) is 39.7 Å². The minimum absolute atomic E-state index is 0.00417. The Balaban J connectivity index is 2.21. The summed E-state index contributed by atoms with van der Waals surface area (Å²) in [7, 11) is 1.65. The van der Waals surface area contributed by atoms with E-state index >= 15 is 0 Å². The highest BCUT2D eigenvalue weighted by atomic mass is 16.6. The third-order valence-corrected chi connectivity index (χ3v) is 4.37. The Labute approximate surface area is 138 Å². The molecule has 1 aromatic carbocycles. The molecule has 0 aromatic heterocycles. The summed E-state index contributed by atoms with van der Waals surface area (Å²) in [5.74, 6) is 0.769. The second-order valence-corrected chi connectivity index (χ2v) is 7.23. The van der Waals surface area contributed by atoms with Crippen LogP contribution in [0.15, 0.2) is 18.2 Å². The molecule has 2 rings (SSSR count). The van der Waals surface area contributed by atoms with E-state index < -0.39 is 11.7 Å². The highest BCUT2D eigenvalue weighted by Gasteiger charge is 2.36. The molecule has 1 fully saturated rings. The lowest BCUT2D eigenvalue weighted by atomic mass is 9.78. The molecule has 0 radical (unpaired) electrons. The fraction of sp³-hybridized carbons (Fsp3) is 0.611. The zero-order valence-corrected chi connectivity index (χ0v) is 14.6. The number of methoxy groups -OCH3 is 1. The Hall–Kier alpha value is -1.75. The number of ether oxygens (including phenoxy) is 2. The van der Waals surface area contributed by atoms with Crippen LogP contribution in [0.3, 0.4) is 0 Å². The Morgan fingerprint density at radius 3 is 2.48 bits per heavy atom. The molecule has 3 N–H and O–H groups in total. The standard InChI is InChI=1S/C18H28N2O3/c1-17(2,3)23-16(21)20-13-7-8-14(15(11-13)22-4)18(12-19)9-5-6-10-18/h7-8,11H,5-6,9-10,12,19H2,1-4H3,(H,20,21). The Morgan fingerprint density at radius 1 is 1.30 bits per heavy atom. The first-order valence-corrected chi connectivity index (χ1v) is 8.18. The number of nitrogens with two attached hydrogens (primary N) is 1. The second kappa shape index (κ2) is 6.79. The van der Waals surface area contributed by atoms with Gasteiger partial charge in [0, 0.05) is 29.3 Å². The molecule has 0 saturated heterocycles. The van der Waals surface area contributed by atoms with Gasteiger partial charge >= 0.3 is 6.09 Å². The minimum Gasteiger partial charge on any atom is -0.496 e. The summed E-state index contributed by atoms with van der Waals surface area (Å²) in [5, 5.41) is 2.75. The van der Waals surface area contributed by atoms with Crippen molar-refractivity contribution in [2.45, 2.75) is 57.5 Å². The van der Waals surface area contributed by atoms with Gasteiger partial charge in [-0.15, -0.1) is 0 Å². The number of amides is 1. The van der Waals surface area contributed by atoms with E-state index in [1.807, 2.05) is 39.0 Å². The molecule has 0 unspecified atom stereocenters. The van der Waals surface area contributed by atoms with Crippen molar-refractivity contribution in [3.05, 3.63) is 23.8 Å². The zero-order chi connectivity index (χ0) is 17.1. The van der Waals surface area contributed by atoms with Gasteiger partial charge in [0.1, 0.15) is 11.4 Å². The Kier molecular flexibility index (Phi) is 5.19. The fourth-order valence-electron chi connectivity index (χ4n) is 3.26. The summed E-state index contributed by atoms with van der Waals surface area (Å²) in [6, 6.07) is 5.75. The van der Waals surface area contributed by atoms with E-state index in [9.17, 15) is 4.79 Å². The number of rotatable bonds is 4. The van der Waals surface area contributed by atoms with Crippen LogP contribution >= 0.6 is 0 Å². The molecule has 0 aliphatic heterocycles. The summed E-state index contributed by atoms with van der Waals surface area (Å²) >= 11 is 0. The summed E-state index contributed by atoms with van der Waals surface area (Å²) in [6.45, 7) is 6.12. The van der Waals surface area contributed by atoms with E-state index in [0.717, 1.165) is 24.2 Å². The first-order valence-electron chi connectivity index (χ1n) is 8.18. The van der Waals surface area contributed by atoms with E-state index in [0.29, 0.717) is 12.2 Å². The van der Waals surface area contributed by atoms with Crippen LogP contribution < -0.4 is 15.8 Å². The van der Waals surface area contributed by atoms with Gasteiger partial charge in [0.15, 0.2) is 0 Å². The first-order chi connectivity index (χ1) is 10.8. The van der Waals surface area contributed by atoms with Crippen LogP contribution in [0.2, 0.25) is 0 Å². The van der Waals surface area contributed by atoms with Gasteiger partial charge in [-0.2, -0.15) is 0 Å². The van der Waals surface area contributed by atoms with Crippen LogP contribution in [-0.2, 0) is 10.2 Å². The van der Waals surface area contributed by atoms with Crippen molar-refractivity contribution in [3.63, 3.8) is 0 Å². The van der Waals surface area contributed by atoms with E-state index in [2.05, 4.69) is 5.32 Å². The third kappa shape index (κ3) is 4.16. The molecule has 1 aliphatic carbocycles. The normalized spacial score (nSPS) is 16.9. The average molecular weight is 320 g/mol. The number of carbonyl (C=O) groups is 1. The van der Waals surface area contributed by atoms with Crippen LogP contribution in [0.5, 0.6) is 5.75 Å². The predicted octanol–water partition coefficient (Wildman–Crippen LogP) is 3.81. The quantitative estimate of drug-likeness (QED) is 0.884. The van der Waals surface area contributed by atoms with E-state index in [-0.39, 0.29) is 5.41 Å². The molecule has 23 heavy (non-hydrogen) atoms. The SMILES string of the molecule is COc1cc(NC(=O)OC(C)(C)C)ccc1C1(CN)CCCC1. The topological polar surface area (TPSA) is 73.6 Å². The molecule has 1 aliphatic rings. The minimum atomic E-state index is -0.526. The first kappa shape index (κ1) is 17.6. The number of hydrogen-bond donors (Lipinski definition) is 2. The van der Waals surface area contributed by atoms with Crippen LogP contribution in [0, 0.1) is 0 Å². The summed E-state index contributed by atoms with van der Waals surface area (Å²) in [5.41, 5.74) is 7.33. The Bertz CT molecular complexity index is 558. The smallest absolute Gasteiger partial charge is 0.412 e. The lowest BCUT2D eigenvalue weighted by molar-refractivity contribution is 0.0636. The zero-order valence-electron chi connectivity index (χ0n) is 14.6. The summed E-state index contributed by atoms with van der Waals surface area (Å²) in [6.07, 6.45) is 4.08. The predicted molar refractivity (Wildman–Crippen MR) is 92.1 cm³/mol. The third-order valence-electron chi connectivity index (χ3n) is 4.37. The van der Waals surface area contributed by atoms with Crippen LogP contribution in [0.4, 0.5) is 10.5 Å². The van der Waals surface area contributed by atoms with Crippen molar-refractivity contribution in [3.8, 4) is 5.75 Å². The van der Waals surface area contributed by atoms with E-state index in [4.69, 9.17) is 15.2 Å². The maximum absolute atomic E-state index is 11.9. The number of hydrogen-bond acceptors (Lipinski definition) is 4. The van der Waals surface area contributed by atoms with Crippen LogP contribution in [0.25, 0.3) is 0 Å². The van der Waals surface area contributed by atoms with Crippen molar-refractivity contribution < 1.29 is 14.3 Å². The van der Waals surface area contributed by atoms with E-state index in [1.165, 1.54) is 12.8 Å². The largest absolute Gasteiger partial charge is 0.496 e. The molecule has 1 amide bonds. The van der Waals surface area contributed by atoms with Crippen molar-refractivity contribution in [2.24, 2.45) is 5.73 Å². The molecule has 0 bridgehead atoms. The second-order valence-electron chi connectivity index (χ2n) is 7.23. The highest BCUT2D eigenvalue weighted by Crippen LogP contribution is 2.44. The van der Waals surface area contributed by atoms with Gasteiger partial charge in [-0.3, -0.25) is 5.32 Å². The molecule has 5 heteroatoms. The molecule has 1 saturated carbocycles. The van der Waals surface area contributed by atoms with Crippen molar-refractivity contribution in [2.75, 3.05) is 19.0 Å². The average Bonchev–Trinajstić information content (AvgIpc) is 2.95. The van der Waals surface area contributed by atoms with Gasteiger partial charge in [0.05, 0.1) is 7.11 Å². The van der Waals surface area contributed by atoms with Gasteiger partial charge in [-0.25, -0.2) is 4.79 Å². The number of anilines is 1. The number of nitrogens with one attached hydrogen (secondary N) is 1. The van der Waals surface area contributed by atoms with Crippen LogP contribution in [-0.4, -0.2) is 25.3 Å². The molecular weight excluding hydrogens is 292 g/mol. The molecule has 128 valence electrons. The number of benzene rings is 1. The molecule has 0 spiro atoms. The summed E-state index contributed by atoms with van der Waals surface area (Å²) < 4.78 is 10.8. The van der Waals surface area contributed by atoms with Crippen molar-refractivity contribution >= 4 is 11.8 Å². The molecule has 1 aromatic rings. The Morgan fingerprint density at radius 2 is 1.96 bits per heavy atom. The molecule has 0 atom stereocenters. The van der Waals surface area contributed by atoms with Gasteiger partial charge in [0.25, 0.3) is 0 Å².